The normalized spacial score (nSPS) is 10.7. The fraction of sp³-hybridized carbons (Fsp3) is 0.375. The van der Waals surface area contributed by atoms with Crippen LogP contribution in [0.2, 0.25) is 0 Å². The van der Waals surface area contributed by atoms with E-state index >= 15 is 0 Å². The standard InChI is InChI=1S/C16H21N3O2/c1-11(2)7-8-17-16(20)15-10-14(18-19-15)12-5-4-6-13(9-12)21-3/h4-6,9-11H,7-8H2,1-3H3,(H,17,20)(H,18,19). The molecule has 0 unspecified atom stereocenters. The first-order valence-corrected chi connectivity index (χ1v) is 7.08. The van der Waals surface area contributed by atoms with Gasteiger partial charge in [0.05, 0.1) is 12.8 Å². The maximum atomic E-state index is 12.0. The number of ether oxygens (including phenoxy) is 1. The molecule has 1 heterocycles. The first kappa shape index (κ1) is 15.1. The van der Waals surface area contributed by atoms with E-state index in [1.54, 1.807) is 13.2 Å². The van der Waals surface area contributed by atoms with Crippen LogP contribution in [0.3, 0.4) is 0 Å². The lowest BCUT2D eigenvalue weighted by molar-refractivity contribution is 0.0947. The highest BCUT2D eigenvalue weighted by Gasteiger charge is 2.11. The van der Waals surface area contributed by atoms with E-state index in [1.165, 1.54) is 0 Å². The van der Waals surface area contributed by atoms with Gasteiger partial charge >= 0.3 is 0 Å². The zero-order valence-corrected chi connectivity index (χ0v) is 12.6. The minimum absolute atomic E-state index is 0.128. The lowest BCUT2D eigenvalue weighted by Gasteiger charge is -2.05. The molecule has 0 bridgehead atoms. The van der Waals surface area contributed by atoms with Crippen molar-refractivity contribution in [3.63, 3.8) is 0 Å². The minimum Gasteiger partial charge on any atom is -0.497 e. The monoisotopic (exact) mass is 287 g/mol. The number of carbonyl (C=O) groups excluding carboxylic acids is 1. The molecule has 0 aliphatic carbocycles. The summed E-state index contributed by atoms with van der Waals surface area (Å²) in [5.74, 6) is 1.20. The van der Waals surface area contributed by atoms with Crippen LogP contribution in [0.4, 0.5) is 0 Å². The molecule has 1 aromatic carbocycles. The van der Waals surface area contributed by atoms with Gasteiger partial charge in [-0.2, -0.15) is 5.10 Å². The summed E-state index contributed by atoms with van der Waals surface area (Å²) in [6.45, 7) is 4.93. The van der Waals surface area contributed by atoms with Gasteiger partial charge in [0.15, 0.2) is 0 Å². The van der Waals surface area contributed by atoms with E-state index < -0.39 is 0 Å². The Hall–Kier alpha value is -2.30. The highest BCUT2D eigenvalue weighted by Crippen LogP contribution is 2.22. The average Bonchev–Trinajstić information content (AvgIpc) is 2.97. The van der Waals surface area contributed by atoms with Gasteiger partial charge in [0.2, 0.25) is 0 Å². The number of amides is 1. The van der Waals surface area contributed by atoms with Crippen LogP contribution >= 0.6 is 0 Å². The summed E-state index contributed by atoms with van der Waals surface area (Å²) >= 11 is 0. The number of carbonyl (C=O) groups is 1. The highest BCUT2D eigenvalue weighted by molar-refractivity contribution is 5.93. The van der Waals surface area contributed by atoms with Crippen molar-refractivity contribution in [1.29, 1.82) is 0 Å². The van der Waals surface area contributed by atoms with E-state index in [0.717, 1.165) is 23.4 Å². The molecule has 0 radical (unpaired) electrons. The molecule has 21 heavy (non-hydrogen) atoms. The third-order valence-corrected chi connectivity index (χ3v) is 3.20. The summed E-state index contributed by atoms with van der Waals surface area (Å²) in [5.41, 5.74) is 2.10. The van der Waals surface area contributed by atoms with E-state index in [-0.39, 0.29) is 5.91 Å². The van der Waals surface area contributed by atoms with Gasteiger partial charge in [-0.25, -0.2) is 0 Å². The van der Waals surface area contributed by atoms with Gasteiger partial charge in [-0.3, -0.25) is 9.89 Å². The molecular formula is C16H21N3O2. The van der Waals surface area contributed by atoms with Crippen molar-refractivity contribution in [2.24, 2.45) is 5.92 Å². The third-order valence-electron chi connectivity index (χ3n) is 3.20. The van der Waals surface area contributed by atoms with E-state index in [9.17, 15) is 4.79 Å². The summed E-state index contributed by atoms with van der Waals surface area (Å²) in [5, 5.41) is 9.84. The van der Waals surface area contributed by atoms with Crippen LogP contribution in [0, 0.1) is 5.92 Å². The van der Waals surface area contributed by atoms with Gasteiger partial charge in [0, 0.05) is 12.1 Å². The molecule has 5 heteroatoms. The van der Waals surface area contributed by atoms with Gasteiger partial charge in [-0.1, -0.05) is 26.0 Å². The Balaban J connectivity index is 2.05. The largest absolute Gasteiger partial charge is 0.497 e. The molecule has 0 aliphatic heterocycles. The third kappa shape index (κ3) is 4.08. The molecule has 0 spiro atoms. The number of aromatic amines is 1. The summed E-state index contributed by atoms with van der Waals surface area (Å²) in [4.78, 5) is 12.0. The van der Waals surface area contributed by atoms with Crippen molar-refractivity contribution >= 4 is 5.91 Å². The molecule has 0 saturated heterocycles. The van der Waals surface area contributed by atoms with Gasteiger partial charge < -0.3 is 10.1 Å². The predicted octanol–water partition coefficient (Wildman–Crippen LogP) is 2.86. The number of nitrogens with zero attached hydrogens (tertiary/aromatic N) is 1. The first-order chi connectivity index (χ1) is 10.1. The molecule has 5 nitrogen and oxygen atoms in total. The topological polar surface area (TPSA) is 67.0 Å². The maximum Gasteiger partial charge on any atom is 0.269 e. The zero-order valence-electron chi connectivity index (χ0n) is 12.6. The number of aromatic nitrogens is 2. The Morgan fingerprint density at radius 1 is 1.38 bits per heavy atom. The fourth-order valence-electron chi connectivity index (χ4n) is 1.94. The molecule has 0 saturated carbocycles. The van der Waals surface area contributed by atoms with Gasteiger partial charge in [0.25, 0.3) is 5.91 Å². The van der Waals surface area contributed by atoms with Gasteiger partial charge in [-0.05, 0) is 30.5 Å². The van der Waals surface area contributed by atoms with Crippen molar-refractivity contribution in [3.8, 4) is 17.0 Å². The lowest BCUT2D eigenvalue weighted by Crippen LogP contribution is -2.25. The fourth-order valence-corrected chi connectivity index (χ4v) is 1.94. The summed E-state index contributed by atoms with van der Waals surface area (Å²) < 4.78 is 5.19. The second kappa shape index (κ2) is 6.92. The number of H-pyrrole nitrogens is 1. The Labute approximate surface area is 124 Å². The number of hydrogen-bond donors (Lipinski definition) is 2. The average molecular weight is 287 g/mol. The van der Waals surface area contributed by atoms with E-state index in [1.807, 2.05) is 24.3 Å². The van der Waals surface area contributed by atoms with Crippen molar-refractivity contribution in [3.05, 3.63) is 36.0 Å². The first-order valence-electron chi connectivity index (χ1n) is 7.08. The van der Waals surface area contributed by atoms with Gasteiger partial charge in [-0.15, -0.1) is 0 Å². The number of methoxy groups -OCH3 is 1. The Bertz CT molecular complexity index is 605. The number of rotatable bonds is 6. The van der Waals surface area contributed by atoms with E-state index in [2.05, 4.69) is 29.4 Å². The van der Waals surface area contributed by atoms with Crippen LogP contribution in [0.1, 0.15) is 30.8 Å². The van der Waals surface area contributed by atoms with Crippen LogP contribution in [-0.4, -0.2) is 29.8 Å². The Morgan fingerprint density at radius 2 is 2.19 bits per heavy atom. The van der Waals surface area contributed by atoms with Crippen LogP contribution < -0.4 is 10.1 Å². The molecule has 1 aromatic heterocycles. The molecule has 2 rings (SSSR count). The lowest BCUT2D eigenvalue weighted by atomic mass is 10.1. The quantitative estimate of drug-likeness (QED) is 0.858. The van der Waals surface area contributed by atoms with Crippen LogP contribution in [0.25, 0.3) is 11.3 Å². The Morgan fingerprint density at radius 3 is 2.90 bits per heavy atom. The molecule has 0 aliphatic rings. The van der Waals surface area contributed by atoms with Crippen molar-refractivity contribution in [2.45, 2.75) is 20.3 Å². The van der Waals surface area contributed by atoms with Gasteiger partial charge in [0.1, 0.15) is 11.4 Å². The number of hydrogen-bond acceptors (Lipinski definition) is 3. The van der Waals surface area contributed by atoms with Crippen LogP contribution in [0.5, 0.6) is 5.75 Å². The summed E-state index contributed by atoms with van der Waals surface area (Å²) in [6.07, 6.45) is 0.961. The molecule has 112 valence electrons. The SMILES string of the molecule is COc1cccc(-c2cc(C(=O)NCCC(C)C)[nH]n2)c1. The smallest absolute Gasteiger partial charge is 0.269 e. The summed E-state index contributed by atoms with van der Waals surface area (Å²) in [6, 6.07) is 9.33. The van der Waals surface area contributed by atoms with Crippen molar-refractivity contribution in [2.75, 3.05) is 13.7 Å². The number of nitrogens with one attached hydrogen (secondary N) is 2. The minimum atomic E-state index is -0.128. The molecule has 2 N–H and O–H groups in total. The molecule has 0 atom stereocenters. The molecule has 1 amide bonds. The van der Waals surface area contributed by atoms with Crippen molar-refractivity contribution < 1.29 is 9.53 Å². The zero-order chi connectivity index (χ0) is 15.2. The molecule has 2 aromatic rings. The highest BCUT2D eigenvalue weighted by atomic mass is 16.5. The predicted molar refractivity (Wildman–Crippen MR) is 82.4 cm³/mol. The van der Waals surface area contributed by atoms with Crippen LogP contribution in [0.15, 0.2) is 30.3 Å². The van der Waals surface area contributed by atoms with E-state index in [0.29, 0.717) is 18.2 Å². The van der Waals surface area contributed by atoms with Crippen molar-refractivity contribution in [1.82, 2.24) is 15.5 Å². The maximum absolute atomic E-state index is 12.0. The summed E-state index contributed by atoms with van der Waals surface area (Å²) in [7, 11) is 1.62. The van der Waals surface area contributed by atoms with E-state index in [4.69, 9.17) is 4.74 Å². The second-order valence-corrected chi connectivity index (χ2v) is 5.34. The van der Waals surface area contributed by atoms with Crippen LogP contribution in [-0.2, 0) is 0 Å². The molecular weight excluding hydrogens is 266 g/mol. The second-order valence-electron chi connectivity index (χ2n) is 5.34. The Kier molecular flexibility index (Phi) is 4.98. The molecule has 0 fully saturated rings. The number of benzene rings is 1.